The molecule has 0 bridgehead atoms. The zero-order valence-electron chi connectivity index (χ0n) is 16.3. The molecule has 1 amide bonds. The standard InChI is InChI=1S/C19H24N2O6S/c1-5-21(28(4,23)24)14-6-8-15(9-7-14)27-13-19(22)20-17-12-16(25-2)10-11-18(17)26-3/h6-12H,5,13H2,1-4H3,(H,20,22). The Labute approximate surface area is 165 Å². The third-order valence-corrected chi connectivity index (χ3v) is 5.13. The highest BCUT2D eigenvalue weighted by Crippen LogP contribution is 2.29. The first-order valence-corrected chi connectivity index (χ1v) is 10.4. The van der Waals surface area contributed by atoms with E-state index in [4.69, 9.17) is 14.2 Å². The van der Waals surface area contributed by atoms with E-state index < -0.39 is 10.0 Å². The average molecular weight is 408 g/mol. The Morgan fingerprint density at radius 2 is 1.68 bits per heavy atom. The molecule has 0 spiro atoms. The molecule has 0 radical (unpaired) electrons. The highest BCUT2D eigenvalue weighted by Gasteiger charge is 2.15. The molecule has 0 saturated carbocycles. The normalized spacial score (nSPS) is 10.9. The van der Waals surface area contributed by atoms with Gasteiger partial charge < -0.3 is 19.5 Å². The van der Waals surface area contributed by atoms with Gasteiger partial charge >= 0.3 is 0 Å². The van der Waals surface area contributed by atoms with Crippen LogP contribution in [0.1, 0.15) is 6.92 Å². The predicted octanol–water partition coefficient (Wildman–Crippen LogP) is 2.51. The van der Waals surface area contributed by atoms with Gasteiger partial charge in [-0.2, -0.15) is 0 Å². The monoisotopic (exact) mass is 408 g/mol. The molecule has 0 aliphatic heterocycles. The number of carbonyl (C=O) groups is 1. The molecule has 2 aromatic rings. The smallest absolute Gasteiger partial charge is 0.262 e. The number of amides is 1. The summed E-state index contributed by atoms with van der Waals surface area (Å²) in [5.41, 5.74) is 1.00. The van der Waals surface area contributed by atoms with Crippen LogP contribution in [0.25, 0.3) is 0 Å². The first-order valence-electron chi connectivity index (χ1n) is 8.51. The van der Waals surface area contributed by atoms with Crippen LogP contribution in [0.3, 0.4) is 0 Å². The van der Waals surface area contributed by atoms with Gasteiger partial charge in [0.05, 0.1) is 31.9 Å². The second-order valence-corrected chi connectivity index (χ2v) is 7.73. The summed E-state index contributed by atoms with van der Waals surface area (Å²) in [5, 5.41) is 2.71. The minimum atomic E-state index is -3.35. The van der Waals surface area contributed by atoms with Crippen molar-refractivity contribution < 1.29 is 27.4 Å². The Morgan fingerprint density at radius 1 is 1.04 bits per heavy atom. The van der Waals surface area contributed by atoms with Crippen LogP contribution in [0.5, 0.6) is 17.2 Å². The van der Waals surface area contributed by atoms with Crippen molar-refractivity contribution in [3.63, 3.8) is 0 Å². The van der Waals surface area contributed by atoms with Crippen molar-refractivity contribution in [3.8, 4) is 17.2 Å². The van der Waals surface area contributed by atoms with Crippen LogP contribution in [-0.2, 0) is 14.8 Å². The lowest BCUT2D eigenvalue weighted by molar-refractivity contribution is -0.118. The van der Waals surface area contributed by atoms with E-state index in [1.54, 1.807) is 49.4 Å². The summed E-state index contributed by atoms with van der Waals surface area (Å²) in [6.07, 6.45) is 1.15. The van der Waals surface area contributed by atoms with Crippen molar-refractivity contribution in [1.82, 2.24) is 0 Å². The largest absolute Gasteiger partial charge is 0.497 e. The van der Waals surface area contributed by atoms with E-state index in [9.17, 15) is 13.2 Å². The van der Waals surface area contributed by atoms with Gasteiger partial charge in [-0.15, -0.1) is 0 Å². The molecular weight excluding hydrogens is 384 g/mol. The first kappa shape index (κ1) is 21.4. The molecule has 0 aromatic heterocycles. The molecule has 9 heteroatoms. The fraction of sp³-hybridized carbons (Fsp3) is 0.316. The van der Waals surface area contributed by atoms with Gasteiger partial charge in [0.2, 0.25) is 10.0 Å². The molecule has 0 unspecified atom stereocenters. The summed E-state index contributed by atoms with van der Waals surface area (Å²) < 4.78 is 40.6. The fourth-order valence-electron chi connectivity index (χ4n) is 2.56. The van der Waals surface area contributed by atoms with E-state index in [0.717, 1.165) is 6.26 Å². The Balaban J connectivity index is 2.00. The van der Waals surface area contributed by atoms with Crippen LogP contribution in [0.4, 0.5) is 11.4 Å². The topological polar surface area (TPSA) is 94.2 Å². The summed E-state index contributed by atoms with van der Waals surface area (Å²) in [6.45, 7) is 1.86. The number of carbonyl (C=O) groups excluding carboxylic acids is 1. The summed E-state index contributed by atoms with van der Waals surface area (Å²) in [5.74, 6) is 1.15. The van der Waals surface area contributed by atoms with Gasteiger partial charge in [-0.1, -0.05) is 0 Å². The van der Waals surface area contributed by atoms with Gasteiger partial charge in [0, 0.05) is 12.6 Å². The van der Waals surface area contributed by atoms with Gasteiger partial charge in [-0.25, -0.2) is 8.42 Å². The Bertz CT molecular complexity index is 913. The lowest BCUT2D eigenvalue weighted by Gasteiger charge is -2.20. The number of hydrogen-bond acceptors (Lipinski definition) is 6. The minimum Gasteiger partial charge on any atom is -0.497 e. The van der Waals surface area contributed by atoms with Crippen LogP contribution < -0.4 is 23.8 Å². The van der Waals surface area contributed by atoms with Gasteiger partial charge in [-0.05, 0) is 43.3 Å². The van der Waals surface area contributed by atoms with Gasteiger partial charge in [0.25, 0.3) is 5.91 Å². The quantitative estimate of drug-likeness (QED) is 0.685. The average Bonchev–Trinajstić information content (AvgIpc) is 2.66. The highest BCUT2D eigenvalue weighted by atomic mass is 32.2. The molecule has 0 saturated heterocycles. The molecule has 0 aliphatic rings. The number of ether oxygens (including phenoxy) is 3. The molecule has 152 valence electrons. The molecule has 2 aromatic carbocycles. The summed E-state index contributed by atoms with van der Waals surface area (Å²) in [7, 11) is -0.310. The van der Waals surface area contributed by atoms with E-state index in [0.29, 0.717) is 35.2 Å². The van der Waals surface area contributed by atoms with E-state index in [-0.39, 0.29) is 12.5 Å². The van der Waals surface area contributed by atoms with E-state index in [2.05, 4.69) is 5.32 Å². The number of benzene rings is 2. The van der Waals surface area contributed by atoms with Gasteiger partial charge in [-0.3, -0.25) is 9.10 Å². The third kappa shape index (κ3) is 5.53. The second kappa shape index (κ2) is 9.32. The van der Waals surface area contributed by atoms with Gasteiger partial charge in [0.15, 0.2) is 6.61 Å². The van der Waals surface area contributed by atoms with Crippen LogP contribution in [0.2, 0.25) is 0 Å². The molecule has 28 heavy (non-hydrogen) atoms. The number of hydrogen-bond donors (Lipinski definition) is 1. The molecule has 1 N–H and O–H groups in total. The van der Waals surface area contributed by atoms with Crippen LogP contribution in [0, 0.1) is 0 Å². The first-order chi connectivity index (χ1) is 13.3. The van der Waals surface area contributed by atoms with Crippen LogP contribution >= 0.6 is 0 Å². The highest BCUT2D eigenvalue weighted by molar-refractivity contribution is 7.92. The van der Waals surface area contributed by atoms with E-state index in [1.165, 1.54) is 18.5 Å². The van der Waals surface area contributed by atoms with Crippen molar-refractivity contribution in [2.45, 2.75) is 6.92 Å². The molecule has 0 fully saturated rings. The fourth-order valence-corrected chi connectivity index (χ4v) is 3.54. The van der Waals surface area contributed by atoms with Crippen molar-refractivity contribution in [1.29, 1.82) is 0 Å². The maximum atomic E-state index is 12.2. The Hall–Kier alpha value is -2.94. The maximum absolute atomic E-state index is 12.2. The molecular formula is C19H24N2O6S. The minimum absolute atomic E-state index is 0.219. The Morgan fingerprint density at radius 3 is 2.21 bits per heavy atom. The molecule has 8 nitrogen and oxygen atoms in total. The van der Waals surface area contributed by atoms with Crippen molar-refractivity contribution in [2.24, 2.45) is 0 Å². The molecule has 0 atom stereocenters. The Kier molecular flexibility index (Phi) is 7.11. The summed E-state index contributed by atoms with van der Waals surface area (Å²) >= 11 is 0. The molecule has 2 rings (SSSR count). The van der Waals surface area contributed by atoms with Crippen molar-refractivity contribution in [2.75, 3.05) is 43.2 Å². The SMILES string of the molecule is CCN(c1ccc(OCC(=O)Nc2cc(OC)ccc2OC)cc1)S(C)(=O)=O. The zero-order chi connectivity index (χ0) is 20.7. The van der Waals surface area contributed by atoms with E-state index >= 15 is 0 Å². The second-order valence-electron chi connectivity index (χ2n) is 5.82. The molecule has 0 aliphatic carbocycles. The molecule has 0 heterocycles. The van der Waals surface area contributed by atoms with Crippen LogP contribution in [-0.4, -0.2) is 48.0 Å². The lowest BCUT2D eigenvalue weighted by atomic mass is 10.2. The lowest BCUT2D eigenvalue weighted by Crippen LogP contribution is -2.29. The zero-order valence-corrected chi connectivity index (χ0v) is 17.1. The van der Waals surface area contributed by atoms with Crippen molar-refractivity contribution >= 4 is 27.3 Å². The van der Waals surface area contributed by atoms with Crippen molar-refractivity contribution in [3.05, 3.63) is 42.5 Å². The summed E-state index contributed by atoms with van der Waals surface area (Å²) in [6, 6.07) is 11.5. The summed E-state index contributed by atoms with van der Waals surface area (Å²) in [4.78, 5) is 12.2. The number of nitrogens with one attached hydrogen (secondary N) is 1. The predicted molar refractivity (Wildman–Crippen MR) is 108 cm³/mol. The maximum Gasteiger partial charge on any atom is 0.262 e. The third-order valence-electron chi connectivity index (χ3n) is 3.86. The number of sulfonamides is 1. The number of methoxy groups -OCH3 is 2. The number of nitrogens with zero attached hydrogens (tertiary/aromatic N) is 1. The van der Waals surface area contributed by atoms with Gasteiger partial charge in [0.1, 0.15) is 17.2 Å². The van der Waals surface area contributed by atoms with Crippen LogP contribution in [0.15, 0.2) is 42.5 Å². The van der Waals surface area contributed by atoms with E-state index in [1.807, 2.05) is 0 Å². The number of anilines is 2. The number of rotatable bonds is 9.